The summed E-state index contributed by atoms with van der Waals surface area (Å²) >= 11 is 1.34. The summed E-state index contributed by atoms with van der Waals surface area (Å²) in [5.74, 6) is 0. The molecule has 0 N–H and O–H groups in total. The van der Waals surface area contributed by atoms with E-state index in [-0.39, 0.29) is 4.90 Å². The molecule has 0 radical (unpaired) electrons. The highest BCUT2D eigenvalue weighted by molar-refractivity contribution is 8.13. The minimum Gasteiger partial charge on any atom is -0.264 e. The van der Waals surface area contributed by atoms with E-state index < -0.39 is 10.1 Å². The van der Waals surface area contributed by atoms with E-state index in [2.05, 4.69) is 11.7 Å². The smallest absolute Gasteiger partial charge is 0.264 e. The second kappa shape index (κ2) is 7.48. The first kappa shape index (κ1) is 17.3. The molecule has 23 heavy (non-hydrogen) atoms. The van der Waals surface area contributed by atoms with E-state index in [9.17, 15) is 8.42 Å². The molecule has 0 heterocycles. The van der Waals surface area contributed by atoms with Crippen LogP contribution in [0, 0.1) is 6.92 Å². The molecular weight excluding hydrogens is 330 g/mol. The molecule has 2 aromatic carbocycles. The molecule has 0 spiro atoms. The molecule has 0 aliphatic carbocycles. The van der Waals surface area contributed by atoms with Gasteiger partial charge in [-0.2, -0.15) is 8.42 Å². The molecule has 0 saturated carbocycles. The average molecular weight is 347 g/mol. The van der Waals surface area contributed by atoms with Crippen molar-refractivity contribution < 1.29 is 12.7 Å². The van der Waals surface area contributed by atoms with Crippen molar-refractivity contribution >= 4 is 33.0 Å². The average Bonchev–Trinajstić information content (AvgIpc) is 2.55. The number of benzene rings is 2. The van der Waals surface area contributed by atoms with Crippen LogP contribution in [-0.2, 0) is 14.4 Å². The van der Waals surface area contributed by atoms with E-state index in [1.165, 1.54) is 23.9 Å². The fourth-order valence-corrected chi connectivity index (χ4v) is 3.21. The lowest BCUT2D eigenvalue weighted by Crippen LogP contribution is -2.03. The summed E-state index contributed by atoms with van der Waals surface area (Å²) in [6.45, 7) is 7.32. The molecule has 2 aromatic rings. The van der Waals surface area contributed by atoms with Gasteiger partial charge in [-0.15, -0.1) is 0 Å². The van der Waals surface area contributed by atoms with Crippen LogP contribution in [0.25, 0.3) is 6.08 Å². The summed E-state index contributed by atoms with van der Waals surface area (Å²) in [5, 5.41) is 4.20. The van der Waals surface area contributed by atoms with Gasteiger partial charge in [0.05, 0.1) is 0 Å². The Morgan fingerprint density at radius 2 is 1.74 bits per heavy atom. The van der Waals surface area contributed by atoms with Gasteiger partial charge in [0, 0.05) is 4.90 Å². The monoisotopic (exact) mass is 347 g/mol. The van der Waals surface area contributed by atoms with Crippen molar-refractivity contribution in [1.82, 2.24) is 0 Å². The first-order chi connectivity index (χ1) is 10.9. The van der Waals surface area contributed by atoms with Crippen LogP contribution in [0.3, 0.4) is 0 Å². The van der Waals surface area contributed by atoms with Crippen LogP contribution in [0.4, 0.5) is 0 Å². The van der Waals surface area contributed by atoms with E-state index in [0.29, 0.717) is 5.04 Å². The van der Waals surface area contributed by atoms with Crippen LogP contribution in [-0.4, -0.2) is 13.5 Å². The zero-order valence-corrected chi connectivity index (χ0v) is 14.5. The molecule has 0 amide bonds. The Bertz CT molecular complexity index is 808. The first-order valence-corrected chi connectivity index (χ1v) is 9.08. The van der Waals surface area contributed by atoms with Gasteiger partial charge in [-0.3, -0.25) is 4.28 Å². The van der Waals surface area contributed by atoms with Crippen molar-refractivity contribution in [2.45, 2.75) is 23.6 Å². The highest BCUT2D eigenvalue weighted by Gasteiger charge is 2.15. The van der Waals surface area contributed by atoms with Crippen LogP contribution < -0.4 is 0 Å². The van der Waals surface area contributed by atoms with Gasteiger partial charge in [0.2, 0.25) is 0 Å². The van der Waals surface area contributed by atoms with Crippen molar-refractivity contribution in [3.05, 3.63) is 66.2 Å². The maximum Gasteiger partial charge on any atom is 0.358 e. The summed E-state index contributed by atoms with van der Waals surface area (Å²) in [4.78, 5) is 1.02. The lowest BCUT2D eigenvalue weighted by molar-refractivity contribution is 0.340. The molecule has 6 heteroatoms. The number of oxime groups is 1. The Morgan fingerprint density at radius 3 is 2.30 bits per heavy atom. The van der Waals surface area contributed by atoms with Crippen LogP contribution in [0.5, 0.6) is 0 Å². The second-order valence-electron chi connectivity index (χ2n) is 4.83. The van der Waals surface area contributed by atoms with Gasteiger partial charge in [0.1, 0.15) is 9.94 Å². The topological polar surface area (TPSA) is 55.7 Å². The Hall–Kier alpha value is -2.05. The van der Waals surface area contributed by atoms with Crippen molar-refractivity contribution in [1.29, 1.82) is 0 Å². The summed E-state index contributed by atoms with van der Waals surface area (Å²) in [6, 6.07) is 14.1. The van der Waals surface area contributed by atoms with Gasteiger partial charge in [0.15, 0.2) is 0 Å². The molecule has 0 unspecified atom stereocenters. The SMILES string of the molecule is C=Cc1ccc(S(=O)(=O)ON=C(C)Sc2ccc(C)cc2)cc1. The van der Waals surface area contributed by atoms with Crippen molar-refractivity contribution in [2.24, 2.45) is 5.16 Å². The number of hydrogen-bond acceptors (Lipinski definition) is 5. The lowest BCUT2D eigenvalue weighted by Gasteiger charge is -2.04. The zero-order chi connectivity index (χ0) is 16.9. The van der Waals surface area contributed by atoms with Crippen LogP contribution >= 0.6 is 11.8 Å². The van der Waals surface area contributed by atoms with Gasteiger partial charge in [-0.05, 0) is 43.7 Å². The third-order valence-corrected chi connectivity index (χ3v) is 4.95. The van der Waals surface area contributed by atoms with Crippen molar-refractivity contribution in [3.8, 4) is 0 Å². The Labute approximate surface area is 141 Å². The standard InChI is InChI=1S/C17H17NO3S2/c1-4-15-7-11-17(12-8-15)23(19,20)21-18-14(3)22-16-9-5-13(2)6-10-16/h4-12H,1H2,2-3H3. The molecule has 0 bridgehead atoms. The molecule has 0 atom stereocenters. The van der Waals surface area contributed by atoms with Crippen LogP contribution in [0.2, 0.25) is 0 Å². The Morgan fingerprint density at radius 1 is 1.13 bits per heavy atom. The van der Waals surface area contributed by atoms with E-state index in [4.69, 9.17) is 4.28 Å². The Kier molecular flexibility index (Phi) is 5.63. The van der Waals surface area contributed by atoms with Crippen LogP contribution in [0.15, 0.2) is 70.1 Å². The fraction of sp³-hybridized carbons (Fsp3) is 0.118. The van der Waals surface area contributed by atoms with E-state index in [0.717, 1.165) is 16.0 Å². The molecule has 0 aliphatic rings. The van der Waals surface area contributed by atoms with Crippen LogP contribution in [0.1, 0.15) is 18.1 Å². The molecule has 0 fully saturated rings. The normalized spacial score (nSPS) is 12.0. The number of nitrogens with zero attached hydrogens (tertiary/aromatic N) is 1. The summed E-state index contributed by atoms with van der Waals surface area (Å²) in [7, 11) is -3.91. The summed E-state index contributed by atoms with van der Waals surface area (Å²) in [6.07, 6.45) is 1.64. The maximum atomic E-state index is 12.1. The Balaban J connectivity index is 2.06. The minimum absolute atomic E-state index is 0.0555. The predicted octanol–water partition coefficient (Wildman–Crippen LogP) is 4.47. The third kappa shape index (κ3) is 4.97. The number of thioether (sulfide) groups is 1. The quantitative estimate of drug-likeness (QED) is 0.347. The van der Waals surface area contributed by atoms with E-state index in [1.807, 2.05) is 31.2 Å². The van der Waals surface area contributed by atoms with E-state index in [1.54, 1.807) is 25.1 Å². The van der Waals surface area contributed by atoms with Crippen molar-refractivity contribution in [2.75, 3.05) is 0 Å². The van der Waals surface area contributed by atoms with E-state index >= 15 is 0 Å². The molecule has 0 aromatic heterocycles. The molecule has 2 rings (SSSR count). The largest absolute Gasteiger partial charge is 0.358 e. The number of aryl methyl sites for hydroxylation is 1. The van der Waals surface area contributed by atoms with Gasteiger partial charge in [0.25, 0.3) is 0 Å². The highest BCUT2D eigenvalue weighted by atomic mass is 32.2. The molecule has 0 aliphatic heterocycles. The molecular formula is C17H17NO3S2. The van der Waals surface area contributed by atoms with Gasteiger partial charge >= 0.3 is 10.1 Å². The lowest BCUT2D eigenvalue weighted by atomic mass is 10.2. The van der Waals surface area contributed by atoms with Gasteiger partial charge in [-0.25, -0.2) is 0 Å². The summed E-state index contributed by atoms with van der Waals surface area (Å²) in [5.41, 5.74) is 1.99. The number of rotatable bonds is 5. The summed E-state index contributed by atoms with van der Waals surface area (Å²) < 4.78 is 28.9. The number of hydrogen-bond donors (Lipinski definition) is 0. The molecule has 0 saturated heterocycles. The minimum atomic E-state index is -3.91. The highest BCUT2D eigenvalue weighted by Crippen LogP contribution is 2.21. The maximum absolute atomic E-state index is 12.1. The molecule has 120 valence electrons. The third-order valence-electron chi connectivity index (χ3n) is 2.95. The second-order valence-corrected chi connectivity index (χ2v) is 7.62. The van der Waals surface area contributed by atoms with Crippen molar-refractivity contribution in [3.63, 3.8) is 0 Å². The first-order valence-electron chi connectivity index (χ1n) is 6.86. The predicted molar refractivity (Wildman–Crippen MR) is 94.9 cm³/mol. The fourth-order valence-electron chi connectivity index (χ4n) is 1.71. The zero-order valence-electron chi connectivity index (χ0n) is 12.9. The molecule has 4 nitrogen and oxygen atoms in total. The van der Waals surface area contributed by atoms with Gasteiger partial charge in [-0.1, -0.05) is 59.4 Å². The van der Waals surface area contributed by atoms with Gasteiger partial charge < -0.3 is 0 Å².